The van der Waals surface area contributed by atoms with Gasteiger partial charge in [0.15, 0.2) is 5.96 Å². The van der Waals surface area contributed by atoms with Crippen molar-refractivity contribution in [3.63, 3.8) is 0 Å². The molecule has 4 nitrogen and oxygen atoms in total. The van der Waals surface area contributed by atoms with E-state index in [1.807, 2.05) is 37.3 Å². The standard InChI is InChI=1S/C15H21N3OS/c1-3-10-17-15(16-4-2)18-11-12-20(19)13-14-8-6-5-7-9-14/h1,5-9H,4,10-13H2,2H3,(H2,16,17,18). The van der Waals surface area contributed by atoms with E-state index in [0.717, 1.165) is 12.1 Å². The van der Waals surface area contributed by atoms with Crippen molar-refractivity contribution in [2.24, 2.45) is 4.99 Å². The first-order chi connectivity index (χ1) is 9.76. The summed E-state index contributed by atoms with van der Waals surface area (Å²) in [5, 5.41) is 6.08. The molecule has 0 fully saturated rings. The van der Waals surface area contributed by atoms with Crippen LogP contribution in [0.4, 0.5) is 0 Å². The van der Waals surface area contributed by atoms with Gasteiger partial charge in [-0.25, -0.2) is 0 Å². The third kappa shape index (κ3) is 6.95. The minimum absolute atomic E-state index is 0.430. The molecule has 5 heteroatoms. The summed E-state index contributed by atoms with van der Waals surface area (Å²) in [4.78, 5) is 4.34. The maximum atomic E-state index is 11.9. The topological polar surface area (TPSA) is 53.5 Å². The van der Waals surface area contributed by atoms with Crippen LogP contribution in [0.1, 0.15) is 12.5 Å². The first kappa shape index (κ1) is 16.3. The van der Waals surface area contributed by atoms with E-state index in [0.29, 0.717) is 30.6 Å². The number of aliphatic imine (C=N–C) groups is 1. The summed E-state index contributed by atoms with van der Waals surface area (Å²) in [7, 11) is -0.900. The fourth-order valence-corrected chi connectivity index (χ4v) is 2.57. The molecule has 2 N–H and O–H groups in total. The first-order valence-electron chi connectivity index (χ1n) is 6.60. The molecule has 1 rings (SSSR count). The van der Waals surface area contributed by atoms with Crippen molar-refractivity contribution < 1.29 is 4.21 Å². The van der Waals surface area contributed by atoms with E-state index in [1.165, 1.54) is 0 Å². The lowest BCUT2D eigenvalue weighted by molar-refractivity contribution is 0.682. The van der Waals surface area contributed by atoms with Gasteiger partial charge in [0.05, 0.1) is 13.1 Å². The van der Waals surface area contributed by atoms with Gasteiger partial charge in [-0.15, -0.1) is 6.42 Å². The lowest BCUT2D eigenvalue weighted by Gasteiger charge is -2.08. The van der Waals surface area contributed by atoms with E-state index in [-0.39, 0.29) is 0 Å². The zero-order valence-electron chi connectivity index (χ0n) is 11.8. The van der Waals surface area contributed by atoms with Crippen molar-refractivity contribution in [3.8, 4) is 12.3 Å². The summed E-state index contributed by atoms with van der Waals surface area (Å²) in [5.74, 6) is 4.28. The predicted molar refractivity (Wildman–Crippen MR) is 86.0 cm³/mol. The van der Waals surface area contributed by atoms with Gasteiger partial charge in [-0.2, -0.15) is 0 Å². The van der Waals surface area contributed by atoms with Crippen molar-refractivity contribution in [2.75, 3.05) is 25.4 Å². The average molecular weight is 291 g/mol. The second-order valence-electron chi connectivity index (χ2n) is 4.09. The Balaban J connectivity index is 2.37. The maximum Gasteiger partial charge on any atom is 0.192 e. The number of nitrogens with one attached hydrogen (secondary N) is 2. The fraction of sp³-hybridized carbons (Fsp3) is 0.400. The predicted octanol–water partition coefficient (Wildman–Crippen LogP) is 1.12. The highest BCUT2D eigenvalue weighted by molar-refractivity contribution is 7.84. The summed E-state index contributed by atoms with van der Waals surface area (Å²) in [6.07, 6.45) is 5.19. The second-order valence-corrected chi connectivity index (χ2v) is 5.67. The number of nitrogens with zero attached hydrogens (tertiary/aromatic N) is 1. The largest absolute Gasteiger partial charge is 0.357 e. The molecule has 20 heavy (non-hydrogen) atoms. The van der Waals surface area contributed by atoms with Gasteiger partial charge in [0.1, 0.15) is 0 Å². The van der Waals surface area contributed by atoms with E-state index >= 15 is 0 Å². The zero-order valence-corrected chi connectivity index (χ0v) is 12.6. The van der Waals surface area contributed by atoms with Crippen LogP contribution in [-0.4, -0.2) is 35.6 Å². The van der Waals surface area contributed by atoms with Gasteiger partial charge in [-0.05, 0) is 12.5 Å². The third-order valence-electron chi connectivity index (χ3n) is 2.46. The molecule has 108 valence electrons. The molecule has 0 saturated heterocycles. The van der Waals surface area contributed by atoms with Gasteiger partial charge in [-0.3, -0.25) is 9.20 Å². The molecule has 1 aromatic carbocycles. The molecule has 0 saturated carbocycles. The Labute approximate surface area is 123 Å². The van der Waals surface area contributed by atoms with Crippen LogP contribution in [0.2, 0.25) is 0 Å². The van der Waals surface area contributed by atoms with Gasteiger partial charge in [0.25, 0.3) is 0 Å². The monoisotopic (exact) mass is 291 g/mol. The zero-order chi connectivity index (χ0) is 14.6. The summed E-state index contributed by atoms with van der Waals surface area (Å²) >= 11 is 0. The first-order valence-corrected chi connectivity index (χ1v) is 8.09. The molecule has 0 aliphatic heterocycles. The number of hydrogen-bond donors (Lipinski definition) is 2. The maximum absolute atomic E-state index is 11.9. The van der Waals surface area contributed by atoms with Crippen LogP contribution < -0.4 is 10.6 Å². The Morgan fingerprint density at radius 1 is 1.35 bits per heavy atom. The van der Waals surface area contributed by atoms with Crippen LogP contribution >= 0.6 is 0 Å². The Morgan fingerprint density at radius 3 is 2.75 bits per heavy atom. The van der Waals surface area contributed by atoms with Crippen LogP contribution in [0, 0.1) is 12.3 Å². The molecule has 0 heterocycles. The molecule has 0 aliphatic carbocycles. The van der Waals surface area contributed by atoms with Crippen molar-refractivity contribution in [1.82, 2.24) is 10.6 Å². The van der Waals surface area contributed by atoms with Crippen molar-refractivity contribution >= 4 is 16.8 Å². The highest BCUT2D eigenvalue weighted by Crippen LogP contribution is 2.02. The Bertz CT molecular complexity index is 480. The second kappa shape index (κ2) is 10.0. The molecule has 1 atom stereocenters. The number of hydrogen-bond acceptors (Lipinski definition) is 2. The van der Waals surface area contributed by atoms with E-state index in [1.54, 1.807) is 0 Å². The van der Waals surface area contributed by atoms with Gasteiger partial charge in [-0.1, -0.05) is 36.3 Å². The Morgan fingerprint density at radius 2 is 2.10 bits per heavy atom. The van der Waals surface area contributed by atoms with E-state index in [2.05, 4.69) is 21.5 Å². The summed E-state index contributed by atoms with van der Waals surface area (Å²) in [5.41, 5.74) is 1.09. The summed E-state index contributed by atoms with van der Waals surface area (Å²) in [6.45, 7) is 3.70. The molecule has 0 bridgehead atoms. The Hall–Kier alpha value is -1.80. The van der Waals surface area contributed by atoms with Gasteiger partial charge >= 0.3 is 0 Å². The summed E-state index contributed by atoms with van der Waals surface area (Å²) < 4.78 is 11.9. The molecule has 1 aromatic rings. The fourth-order valence-electron chi connectivity index (χ4n) is 1.57. The molecule has 0 spiro atoms. The molecule has 0 amide bonds. The average Bonchev–Trinajstić information content (AvgIpc) is 2.45. The van der Waals surface area contributed by atoms with E-state index in [4.69, 9.17) is 6.42 Å². The van der Waals surface area contributed by atoms with Crippen LogP contribution in [0.5, 0.6) is 0 Å². The lowest BCUT2D eigenvalue weighted by Crippen LogP contribution is -2.37. The van der Waals surface area contributed by atoms with Crippen molar-refractivity contribution in [2.45, 2.75) is 12.7 Å². The van der Waals surface area contributed by atoms with E-state index in [9.17, 15) is 4.21 Å². The number of rotatable bonds is 7. The highest BCUT2D eigenvalue weighted by Gasteiger charge is 2.01. The summed E-state index contributed by atoms with van der Waals surface area (Å²) in [6, 6.07) is 9.84. The smallest absolute Gasteiger partial charge is 0.192 e. The normalized spacial score (nSPS) is 12.5. The van der Waals surface area contributed by atoms with Crippen LogP contribution in [0.25, 0.3) is 0 Å². The Kier molecular flexibility index (Phi) is 8.16. The molecule has 0 aliphatic rings. The third-order valence-corrected chi connectivity index (χ3v) is 3.75. The van der Waals surface area contributed by atoms with Crippen LogP contribution in [0.3, 0.4) is 0 Å². The number of terminal acetylenes is 1. The SMILES string of the molecule is C#CCNC(=NCCS(=O)Cc1ccccc1)NCC. The number of benzene rings is 1. The van der Waals surface area contributed by atoms with Gasteiger partial charge < -0.3 is 10.6 Å². The van der Waals surface area contributed by atoms with Gasteiger partial charge in [0, 0.05) is 28.9 Å². The lowest BCUT2D eigenvalue weighted by atomic mass is 10.2. The van der Waals surface area contributed by atoms with Crippen molar-refractivity contribution in [1.29, 1.82) is 0 Å². The molecule has 0 radical (unpaired) electrons. The van der Waals surface area contributed by atoms with E-state index < -0.39 is 10.8 Å². The number of guanidine groups is 1. The van der Waals surface area contributed by atoms with Gasteiger partial charge in [0.2, 0.25) is 0 Å². The molecular weight excluding hydrogens is 270 g/mol. The molecule has 0 aromatic heterocycles. The molecule has 1 unspecified atom stereocenters. The van der Waals surface area contributed by atoms with Crippen molar-refractivity contribution in [3.05, 3.63) is 35.9 Å². The highest BCUT2D eigenvalue weighted by atomic mass is 32.2. The minimum atomic E-state index is -0.900. The minimum Gasteiger partial charge on any atom is -0.357 e. The van der Waals surface area contributed by atoms with Crippen LogP contribution in [0.15, 0.2) is 35.3 Å². The quantitative estimate of drug-likeness (QED) is 0.450. The van der Waals surface area contributed by atoms with Crippen LogP contribution in [-0.2, 0) is 16.6 Å². The molecular formula is C15H21N3OS.